The fraction of sp³-hybridized carbons (Fsp3) is 0.467. The minimum atomic E-state index is -0.625. The third kappa shape index (κ3) is 3.24. The van der Waals surface area contributed by atoms with Crippen LogP contribution < -0.4 is 10.2 Å². The van der Waals surface area contributed by atoms with Crippen molar-refractivity contribution in [2.75, 3.05) is 24.5 Å². The maximum absolute atomic E-state index is 13.6. The highest BCUT2D eigenvalue weighted by Crippen LogP contribution is 2.33. The van der Waals surface area contributed by atoms with E-state index in [0.717, 1.165) is 25.6 Å². The van der Waals surface area contributed by atoms with Crippen LogP contribution in [-0.4, -0.2) is 31.3 Å². The molecule has 4 nitrogen and oxygen atoms in total. The highest BCUT2D eigenvalue weighted by molar-refractivity contribution is 6.52. The van der Waals surface area contributed by atoms with Crippen LogP contribution in [0.15, 0.2) is 12.1 Å². The van der Waals surface area contributed by atoms with Crippen molar-refractivity contribution in [2.45, 2.75) is 20.3 Å². The molecule has 1 amide bonds. The van der Waals surface area contributed by atoms with Gasteiger partial charge in [-0.25, -0.2) is 4.39 Å². The Hall–Kier alpha value is -1.46. The lowest BCUT2D eigenvalue weighted by Crippen LogP contribution is -2.37. The molecule has 1 N–H and O–H groups in total. The first-order valence-electron chi connectivity index (χ1n) is 7.01. The van der Waals surface area contributed by atoms with E-state index in [4.69, 9.17) is 11.6 Å². The number of hydrogen-bond donors (Lipinski definition) is 1. The SMILES string of the molecule is CCCNCC(C)CN1C(=O)C(=O)c2cc(Cl)c(F)cc21. The Balaban J connectivity index is 2.17. The summed E-state index contributed by atoms with van der Waals surface area (Å²) in [5.41, 5.74) is 0.495. The van der Waals surface area contributed by atoms with E-state index in [1.807, 2.05) is 6.92 Å². The summed E-state index contributed by atoms with van der Waals surface area (Å²) in [6.45, 7) is 6.05. The van der Waals surface area contributed by atoms with Crippen LogP contribution in [0, 0.1) is 11.7 Å². The zero-order valence-corrected chi connectivity index (χ0v) is 12.8. The molecule has 0 saturated heterocycles. The number of carbonyl (C=O) groups is 2. The van der Waals surface area contributed by atoms with E-state index in [0.29, 0.717) is 12.2 Å². The number of ketones is 1. The lowest BCUT2D eigenvalue weighted by atomic mass is 10.1. The lowest BCUT2D eigenvalue weighted by Gasteiger charge is -2.21. The molecule has 0 spiro atoms. The molecule has 1 aromatic rings. The Kier molecular flexibility index (Phi) is 4.96. The number of benzene rings is 1. The van der Waals surface area contributed by atoms with Gasteiger partial charge in [-0.05, 0) is 37.6 Å². The Morgan fingerprint density at radius 3 is 2.76 bits per heavy atom. The molecule has 1 aromatic carbocycles. The molecule has 0 bridgehead atoms. The Bertz CT molecular complexity index is 577. The Labute approximate surface area is 128 Å². The maximum atomic E-state index is 13.6. The summed E-state index contributed by atoms with van der Waals surface area (Å²) in [4.78, 5) is 25.3. The van der Waals surface area contributed by atoms with Crippen molar-refractivity contribution in [3.63, 3.8) is 0 Å². The van der Waals surface area contributed by atoms with E-state index in [9.17, 15) is 14.0 Å². The van der Waals surface area contributed by atoms with Crippen molar-refractivity contribution in [3.8, 4) is 0 Å². The van der Waals surface area contributed by atoms with E-state index >= 15 is 0 Å². The van der Waals surface area contributed by atoms with Gasteiger partial charge in [0.15, 0.2) is 0 Å². The third-order valence-electron chi connectivity index (χ3n) is 3.43. The Morgan fingerprint density at radius 2 is 2.10 bits per heavy atom. The van der Waals surface area contributed by atoms with Crippen molar-refractivity contribution < 1.29 is 14.0 Å². The molecule has 21 heavy (non-hydrogen) atoms. The van der Waals surface area contributed by atoms with Crippen LogP contribution in [0.3, 0.4) is 0 Å². The van der Waals surface area contributed by atoms with E-state index in [2.05, 4.69) is 12.2 Å². The predicted octanol–water partition coefficient (Wildman–Crippen LogP) is 2.64. The largest absolute Gasteiger partial charge is 0.316 e. The molecule has 0 radical (unpaired) electrons. The van der Waals surface area contributed by atoms with Crippen LogP contribution in [0.2, 0.25) is 5.02 Å². The molecule has 1 unspecified atom stereocenters. The first-order valence-corrected chi connectivity index (χ1v) is 7.39. The van der Waals surface area contributed by atoms with Gasteiger partial charge in [0.05, 0.1) is 16.3 Å². The smallest absolute Gasteiger partial charge is 0.299 e. The summed E-state index contributed by atoms with van der Waals surface area (Å²) in [5, 5.41) is 3.12. The normalized spacial score (nSPS) is 15.5. The second-order valence-corrected chi connectivity index (χ2v) is 5.74. The monoisotopic (exact) mass is 312 g/mol. The third-order valence-corrected chi connectivity index (χ3v) is 3.72. The summed E-state index contributed by atoms with van der Waals surface area (Å²) >= 11 is 5.68. The molecule has 6 heteroatoms. The summed E-state index contributed by atoms with van der Waals surface area (Å²) in [6.07, 6.45) is 1.03. The van der Waals surface area contributed by atoms with Gasteiger partial charge in [-0.15, -0.1) is 0 Å². The van der Waals surface area contributed by atoms with Gasteiger partial charge < -0.3 is 10.2 Å². The standard InChI is InChI=1S/C15H18ClFN2O2/c1-3-4-18-7-9(2)8-19-13-6-12(17)11(16)5-10(13)14(20)15(19)21/h5-6,9,18H,3-4,7-8H2,1-2H3. The van der Waals surface area contributed by atoms with Gasteiger partial charge in [0.1, 0.15) is 5.82 Å². The van der Waals surface area contributed by atoms with Gasteiger partial charge in [-0.2, -0.15) is 0 Å². The van der Waals surface area contributed by atoms with Crippen molar-refractivity contribution in [1.29, 1.82) is 0 Å². The van der Waals surface area contributed by atoms with Gasteiger partial charge in [0.2, 0.25) is 0 Å². The minimum absolute atomic E-state index is 0.144. The number of carbonyl (C=O) groups excluding carboxylic acids is 2. The van der Waals surface area contributed by atoms with Crippen molar-refractivity contribution in [3.05, 3.63) is 28.5 Å². The molecule has 0 saturated carbocycles. The zero-order valence-electron chi connectivity index (χ0n) is 12.1. The molecule has 0 aliphatic carbocycles. The predicted molar refractivity (Wildman–Crippen MR) is 80.4 cm³/mol. The van der Waals surface area contributed by atoms with E-state index in [1.165, 1.54) is 11.0 Å². The van der Waals surface area contributed by atoms with Crippen molar-refractivity contribution in [1.82, 2.24) is 5.32 Å². The van der Waals surface area contributed by atoms with E-state index in [1.54, 1.807) is 0 Å². The van der Waals surface area contributed by atoms with Crippen LogP contribution in [0.1, 0.15) is 30.6 Å². The lowest BCUT2D eigenvalue weighted by molar-refractivity contribution is -0.114. The number of amides is 1. The van der Waals surface area contributed by atoms with Gasteiger partial charge >= 0.3 is 0 Å². The number of anilines is 1. The number of hydrogen-bond acceptors (Lipinski definition) is 3. The number of rotatable bonds is 6. The van der Waals surface area contributed by atoms with Crippen LogP contribution in [0.5, 0.6) is 0 Å². The Morgan fingerprint density at radius 1 is 1.38 bits per heavy atom. The molecule has 1 aliphatic rings. The number of halogens is 2. The van der Waals surface area contributed by atoms with Gasteiger partial charge in [0.25, 0.3) is 11.7 Å². The molecule has 114 valence electrons. The second-order valence-electron chi connectivity index (χ2n) is 5.34. The highest BCUT2D eigenvalue weighted by Gasteiger charge is 2.37. The second kappa shape index (κ2) is 6.54. The summed E-state index contributed by atoms with van der Waals surface area (Å²) in [6, 6.07) is 2.39. The summed E-state index contributed by atoms with van der Waals surface area (Å²) in [5.74, 6) is -1.72. The summed E-state index contributed by atoms with van der Waals surface area (Å²) < 4.78 is 13.6. The molecule has 1 heterocycles. The van der Waals surface area contributed by atoms with Crippen LogP contribution >= 0.6 is 11.6 Å². The number of nitrogens with one attached hydrogen (secondary N) is 1. The van der Waals surface area contributed by atoms with E-state index in [-0.39, 0.29) is 16.5 Å². The number of nitrogens with zero attached hydrogens (tertiary/aromatic N) is 1. The average Bonchev–Trinajstić information content (AvgIpc) is 2.65. The molecule has 1 aliphatic heterocycles. The zero-order chi connectivity index (χ0) is 15.6. The van der Waals surface area contributed by atoms with Crippen molar-refractivity contribution in [2.24, 2.45) is 5.92 Å². The van der Waals surface area contributed by atoms with Gasteiger partial charge in [-0.3, -0.25) is 9.59 Å². The van der Waals surface area contributed by atoms with Gasteiger partial charge in [-0.1, -0.05) is 25.4 Å². The summed E-state index contributed by atoms with van der Waals surface area (Å²) in [7, 11) is 0. The molecular formula is C15H18ClFN2O2. The first-order chi connectivity index (χ1) is 9.95. The van der Waals surface area contributed by atoms with Crippen LogP contribution in [0.25, 0.3) is 0 Å². The van der Waals surface area contributed by atoms with Crippen LogP contribution in [-0.2, 0) is 4.79 Å². The fourth-order valence-corrected chi connectivity index (χ4v) is 2.54. The van der Waals surface area contributed by atoms with Crippen LogP contribution in [0.4, 0.5) is 10.1 Å². The molecule has 2 rings (SSSR count). The molecular weight excluding hydrogens is 295 g/mol. The quantitative estimate of drug-likeness (QED) is 0.649. The van der Waals surface area contributed by atoms with Crippen molar-refractivity contribution >= 4 is 29.0 Å². The topological polar surface area (TPSA) is 49.4 Å². The molecule has 0 fully saturated rings. The average molecular weight is 313 g/mol. The highest BCUT2D eigenvalue weighted by atomic mass is 35.5. The minimum Gasteiger partial charge on any atom is -0.316 e. The van der Waals surface area contributed by atoms with Gasteiger partial charge in [0, 0.05) is 6.54 Å². The number of Topliss-reactive ketones (excluding diaryl/α,β-unsaturated/α-hetero) is 1. The number of fused-ring (bicyclic) bond motifs is 1. The van der Waals surface area contributed by atoms with E-state index < -0.39 is 17.5 Å². The first kappa shape index (κ1) is 15.9. The molecule has 0 aromatic heterocycles. The maximum Gasteiger partial charge on any atom is 0.299 e. The fourth-order valence-electron chi connectivity index (χ4n) is 2.37. The molecule has 1 atom stereocenters.